The molecule has 0 bridgehead atoms. The topological polar surface area (TPSA) is 60.5 Å². The number of hydrogen-bond acceptors (Lipinski definition) is 6. The first-order valence-corrected chi connectivity index (χ1v) is 15.2. The number of ether oxygens (including phenoxy) is 2. The highest BCUT2D eigenvalue weighted by Gasteiger charge is 2.46. The first-order chi connectivity index (χ1) is 19.2. The van der Waals surface area contributed by atoms with E-state index in [1.165, 1.54) is 0 Å². The molecular formula is C33H32N2O3S2. The number of pyridine rings is 1. The zero-order valence-corrected chi connectivity index (χ0v) is 24.5. The summed E-state index contributed by atoms with van der Waals surface area (Å²) < 4.78 is 12.7. The number of fused-ring (bicyclic) bond motifs is 1. The standard InChI is InChI=1S/C33H32N2O3S2/c1-21-10-5-8-13-27(21)40-30-22(2)18-33(35-31(30)36,23-16-17-39-20-23)28-14-9-15-29(34-28)37-26-19-32(3,4)38-25-12-7-6-11-24(25)26/h5-17,20,26,30H,2,18-19H2,1,3-4H3,(H,35,36). The van der Waals surface area contributed by atoms with Gasteiger partial charge in [-0.2, -0.15) is 11.3 Å². The Morgan fingerprint density at radius 1 is 1.07 bits per heavy atom. The molecule has 2 aromatic carbocycles. The van der Waals surface area contributed by atoms with Crippen molar-refractivity contribution in [2.75, 3.05) is 0 Å². The van der Waals surface area contributed by atoms with E-state index < -0.39 is 5.54 Å². The molecule has 7 heteroatoms. The number of benzene rings is 2. The number of amides is 1. The van der Waals surface area contributed by atoms with Crippen LogP contribution < -0.4 is 14.8 Å². The zero-order chi connectivity index (χ0) is 27.9. The molecule has 1 amide bonds. The summed E-state index contributed by atoms with van der Waals surface area (Å²) >= 11 is 3.15. The highest BCUT2D eigenvalue weighted by atomic mass is 32.2. The SMILES string of the molecule is C=C1CC(c2ccsc2)(c2cccc(OC3CC(C)(C)Oc4ccccc43)n2)NC(=O)C1Sc1ccccc1C. The molecule has 40 heavy (non-hydrogen) atoms. The molecule has 4 heterocycles. The van der Waals surface area contributed by atoms with E-state index in [2.05, 4.69) is 56.2 Å². The average molecular weight is 569 g/mol. The van der Waals surface area contributed by atoms with Crippen LogP contribution >= 0.6 is 23.1 Å². The van der Waals surface area contributed by atoms with Crippen molar-refractivity contribution < 1.29 is 14.3 Å². The molecule has 2 aliphatic rings. The van der Waals surface area contributed by atoms with Crippen LogP contribution in [-0.4, -0.2) is 21.7 Å². The third kappa shape index (κ3) is 5.04. The van der Waals surface area contributed by atoms with Crippen LogP contribution in [0.5, 0.6) is 11.6 Å². The number of hydrogen-bond donors (Lipinski definition) is 1. The average Bonchev–Trinajstić information content (AvgIpc) is 3.47. The molecule has 0 radical (unpaired) electrons. The molecular weight excluding hydrogens is 537 g/mol. The lowest BCUT2D eigenvalue weighted by Gasteiger charge is -2.41. The summed E-state index contributed by atoms with van der Waals surface area (Å²) in [6.07, 6.45) is 1.03. The maximum absolute atomic E-state index is 13.8. The van der Waals surface area contributed by atoms with Gasteiger partial charge in [-0.15, -0.1) is 11.8 Å². The van der Waals surface area contributed by atoms with Crippen molar-refractivity contribution in [1.29, 1.82) is 0 Å². The molecule has 1 fully saturated rings. The van der Waals surface area contributed by atoms with Crippen LogP contribution in [0.2, 0.25) is 0 Å². The molecule has 3 atom stereocenters. The molecule has 0 saturated carbocycles. The van der Waals surface area contributed by atoms with Gasteiger partial charge in [0.2, 0.25) is 11.8 Å². The summed E-state index contributed by atoms with van der Waals surface area (Å²) in [5.41, 5.74) is 3.56. The summed E-state index contributed by atoms with van der Waals surface area (Å²) in [6.45, 7) is 10.6. The Bertz CT molecular complexity index is 1550. The van der Waals surface area contributed by atoms with Gasteiger partial charge in [-0.1, -0.05) is 54.6 Å². The first kappa shape index (κ1) is 26.7. The van der Waals surface area contributed by atoms with E-state index in [1.807, 2.05) is 60.0 Å². The smallest absolute Gasteiger partial charge is 0.238 e. The minimum absolute atomic E-state index is 0.0658. The Balaban J connectivity index is 1.33. The number of para-hydroxylation sites is 1. The van der Waals surface area contributed by atoms with Crippen LogP contribution in [0.4, 0.5) is 0 Å². The van der Waals surface area contributed by atoms with E-state index in [-0.39, 0.29) is 22.9 Å². The van der Waals surface area contributed by atoms with Crippen molar-refractivity contribution in [3.05, 3.63) is 118 Å². The van der Waals surface area contributed by atoms with Crippen LogP contribution in [-0.2, 0) is 10.3 Å². The number of carbonyl (C=O) groups excluding carboxylic acids is 1. The lowest BCUT2D eigenvalue weighted by molar-refractivity contribution is -0.122. The zero-order valence-electron chi connectivity index (χ0n) is 22.8. The summed E-state index contributed by atoms with van der Waals surface area (Å²) in [5.74, 6) is 1.28. The fourth-order valence-electron chi connectivity index (χ4n) is 5.58. The van der Waals surface area contributed by atoms with Gasteiger partial charge >= 0.3 is 0 Å². The molecule has 204 valence electrons. The summed E-state index contributed by atoms with van der Waals surface area (Å²) in [4.78, 5) is 19.8. The van der Waals surface area contributed by atoms with Crippen LogP contribution in [0.1, 0.15) is 55.2 Å². The summed E-state index contributed by atoms with van der Waals surface area (Å²) in [6, 6.07) is 24.0. The van der Waals surface area contributed by atoms with E-state index >= 15 is 0 Å². The largest absolute Gasteiger partial charge is 0.487 e. The quantitative estimate of drug-likeness (QED) is 0.243. The predicted molar refractivity (Wildman–Crippen MR) is 161 cm³/mol. The van der Waals surface area contributed by atoms with Gasteiger partial charge in [0.25, 0.3) is 0 Å². The number of thioether (sulfide) groups is 1. The molecule has 2 aliphatic heterocycles. The van der Waals surface area contributed by atoms with Crippen molar-refractivity contribution in [1.82, 2.24) is 10.3 Å². The number of aromatic nitrogens is 1. The Hall–Kier alpha value is -3.55. The number of carbonyl (C=O) groups is 1. The number of nitrogens with one attached hydrogen (secondary N) is 1. The van der Waals surface area contributed by atoms with Gasteiger partial charge in [0.15, 0.2) is 0 Å². The maximum atomic E-state index is 13.8. The molecule has 2 aromatic heterocycles. The summed E-state index contributed by atoms with van der Waals surface area (Å²) in [7, 11) is 0. The van der Waals surface area contributed by atoms with Gasteiger partial charge in [0.05, 0.1) is 5.69 Å². The normalized spacial score (nSPS) is 23.6. The van der Waals surface area contributed by atoms with Gasteiger partial charge < -0.3 is 14.8 Å². The second-order valence-electron chi connectivity index (χ2n) is 11.1. The van der Waals surface area contributed by atoms with E-state index in [0.29, 0.717) is 18.7 Å². The number of nitrogens with zero attached hydrogens (tertiary/aromatic N) is 1. The monoisotopic (exact) mass is 568 g/mol. The minimum atomic E-state index is -0.830. The number of rotatable bonds is 6. The molecule has 3 unspecified atom stereocenters. The van der Waals surface area contributed by atoms with Crippen molar-refractivity contribution in [3.8, 4) is 11.6 Å². The molecule has 1 N–H and O–H groups in total. The van der Waals surface area contributed by atoms with E-state index in [4.69, 9.17) is 14.5 Å². The molecule has 5 nitrogen and oxygen atoms in total. The van der Waals surface area contributed by atoms with Crippen molar-refractivity contribution >= 4 is 29.0 Å². The summed E-state index contributed by atoms with van der Waals surface area (Å²) in [5, 5.41) is 7.10. The Morgan fingerprint density at radius 2 is 1.88 bits per heavy atom. The second-order valence-corrected chi connectivity index (χ2v) is 13.0. The lowest BCUT2D eigenvalue weighted by Crippen LogP contribution is -2.55. The molecule has 6 rings (SSSR count). The number of piperidine rings is 1. The molecule has 0 spiro atoms. The van der Waals surface area contributed by atoms with Crippen molar-refractivity contribution in [2.24, 2.45) is 0 Å². The van der Waals surface area contributed by atoms with Gasteiger partial charge in [0, 0.05) is 29.4 Å². The highest BCUT2D eigenvalue weighted by molar-refractivity contribution is 8.00. The van der Waals surface area contributed by atoms with Gasteiger partial charge in [0.1, 0.15) is 28.2 Å². The fraction of sp³-hybridized carbons (Fsp3) is 0.273. The van der Waals surface area contributed by atoms with Crippen LogP contribution in [0.3, 0.4) is 0 Å². The fourth-order valence-corrected chi connectivity index (χ4v) is 7.39. The second kappa shape index (κ2) is 10.5. The third-order valence-electron chi connectivity index (χ3n) is 7.54. The molecule has 4 aromatic rings. The van der Waals surface area contributed by atoms with E-state index in [9.17, 15) is 4.79 Å². The predicted octanol–water partition coefficient (Wildman–Crippen LogP) is 7.61. The van der Waals surface area contributed by atoms with Gasteiger partial charge in [-0.05, 0) is 66.9 Å². The van der Waals surface area contributed by atoms with Gasteiger partial charge in [-0.25, -0.2) is 4.98 Å². The highest BCUT2D eigenvalue weighted by Crippen LogP contribution is 2.45. The molecule has 0 aliphatic carbocycles. The number of thiophene rings is 1. The van der Waals surface area contributed by atoms with E-state index in [0.717, 1.165) is 38.6 Å². The Morgan fingerprint density at radius 3 is 2.65 bits per heavy atom. The lowest BCUT2D eigenvalue weighted by atomic mass is 9.78. The Labute approximate surface area is 243 Å². The first-order valence-electron chi connectivity index (χ1n) is 13.4. The van der Waals surface area contributed by atoms with E-state index in [1.54, 1.807) is 23.1 Å². The van der Waals surface area contributed by atoms with Crippen LogP contribution in [0.15, 0.2) is 101 Å². The van der Waals surface area contributed by atoms with Crippen LogP contribution in [0.25, 0.3) is 0 Å². The van der Waals surface area contributed by atoms with Crippen molar-refractivity contribution in [2.45, 2.75) is 61.0 Å². The third-order valence-corrected chi connectivity index (χ3v) is 9.72. The number of aryl methyl sites for hydroxylation is 1. The van der Waals surface area contributed by atoms with Crippen LogP contribution in [0, 0.1) is 6.92 Å². The van der Waals surface area contributed by atoms with Gasteiger partial charge in [-0.3, -0.25) is 4.79 Å². The minimum Gasteiger partial charge on any atom is -0.487 e. The Kier molecular flexibility index (Phi) is 6.97. The van der Waals surface area contributed by atoms with Crippen molar-refractivity contribution in [3.63, 3.8) is 0 Å². The molecule has 1 saturated heterocycles. The maximum Gasteiger partial charge on any atom is 0.238 e.